The van der Waals surface area contributed by atoms with Gasteiger partial charge in [-0.15, -0.1) is 0 Å². The van der Waals surface area contributed by atoms with Gasteiger partial charge in [0.05, 0.1) is 12.1 Å². The minimum absolute atomic E-state index is 0.0555. The van der Waals surface area contributed by atoms with Gasteiger partial charge in [0.15, 0.2) is 5.69 Å². The van der Waals surface area contributed by atoms with Gasteiger partial charge < -0.3 is 10.2 Å². The highest BCUT2D eigenvalue weighted by Crippen LogP contribution is 2.47. The SMILES string of the molecule is O=C(CN1CCN(C(=O)c2n[nH]c3ccccc23)CC1)NCC1(c2ccccc2)CC1. The molecule has 2 aliphatic rings. The van der Waals surface area contributed by atoms with Gasteiger partial charge in [0.2, 0.25) is 5.91 Å². The van der Waals surface area contributed by atoms with Crippen molar-refractivity contribution in [3.05, 3.63) is 65.9 Å². The van der Waals surface area contributed by atoms with Crippen molar-refractivity contribution in [2.45, 2.75) is 18.3 Å². The predicted molar refractivity (Wildman–Crippen MR) is 119 cm³/mol. The second kappa shape index (κ2) is 8.15. The number of fused-ring (bicyclic) bond motifs is 1. The summed E-state index contributed by atoms with van der Waals surface area (Å²) in [6, 6.07) is 18.1. The van der Waals surface area contributed by atoms with Crippen molar-refractivity contribution in [2.24, 2.45) is 0 Å². The average molecular weight is 418 g/mol. The molecule has 5 rings (SSSR count). The van der Waals surface area contributed by atoms with Crippen LogP contribution in [-0.2, 0) is 10.2 Å². The Morgan fingerprint density at radius 1 is 0.968 bits per heavy atom. The topological polar surface area (TPSA) is 81.3 Å². The number of piperazine rings is 1. The number of para-hydroxylation sites is 1. The first-order chi connectivity index (χ1) is 15.1. The molecule has 2 aromatic carbocycles. The molecule has 1 aliphatic heterocycles. The van der Waals surface area contributed by atoms with Gasteiger partial charge in [-0.25, -0.2) is 0 Å². The van der Waals surface area contributed by atoms with E-state index in [0.717, 1.165) is 23.7 Å². The predicted octanol–water partition coefficient (Wildman–Crippen LogP) is 2.17. The van der Waals surface area contributed by atoms with Crippen LogP contribution < -0.4 is 5.32 Å². The van der Waals surface area contributed by atoms with Crippen LogP contribution in [0.3, 0.4) is 0 Å². The summed E-state index contributed by atoms with van der Waals surface area (Å²) in [6.07, 6.45) is 2.25. The molecule has 1 aliphatic carbocycles. The minimum atomic E-state index is -0.0555. The third kappa shape index (κ3) is 4.05. The molecule has 3 aromatic rings. The number of aromatic nitrogens is 2. The van der Waals surface area contributed by atoms with Crippen LogP contribution in [0.2, 0.25) is 0 Å². The minimum Gasteiger partial charge on any atom is -0.354 e. The van der Waals surface area contributed by atoms with Gasteiger partial charge >= 0.3 is 0 Å². The van der Waals surface area contributed by atoms with Crippen LogP contribution in [0.15, 0.2) is 54.6 Å². The van der Waals surface area contributed by atoms with Gasteiger partial charge in [0, 0.05) is 43.5 Å². The van der Waals surface area contributed by atoms with E-state index in [0.29, 0.717) is 45.0 Å². The van der Waals surface area contributed by atoms with Crippen molar-refractivity contribution in [3.8, 4) is 0 Å². The van der Waals surface area contributed by atoms with E-state index < -0.39 is 0 Å². The molecule has 31 heavy (non-hydrogen) atoms. The number of carbonyl (C=O) groups is 2. The van der Waals surface area contributed by atoms with E-state index in [9.17, 15) is 9.59 Å². The van der Waals surface area contributed by atoms with E-state index in [1.807, 2.05) is 35.2 Å². The number of amides is 2. The van der Waals surface area contributed by atoms with Crippen LogP contribution in [0.4, 0.5) is 0 Å². The molecule has 2 heterocycles. The number of benzene rings is 2. The zero-order chi connectivity index (χ0) is 21.3. The van der Waals surface area contributed by atoms with Gasteiger partial charge in [-0.2, -0.15) is 5.10 Å². The molecule has 1 saturated carbocycles. The normalized spacial score (nSPS) is 18.1. The molecule has 2 amide bonds. The summed E-state index contributed by atoms with van der Waals surface area (Å²) in [5, 5.41) is 11.1. The molecule has 0 radical (unpaired) electrons. The lowest BCUT2D eigenvalue weighted by molar-refractivity contribution is -0.122. The van der Waals surface area contributed by atoms with Crippen LogP contribution in [0.25, 0.3) is 10.9 Å². The highest BCUT2D eigenvalue weighted by molar-refractivity contribution is 6.04. The Hall–Kier alpha value is -3.19. The Kier molecular flexibility index (Phi) is 5.19. The van der Waals surface area contributed by atoms with Gasteiger partial charge in [-0.1, -0.05) is 48.5 Å². The number of hydrogen-bond acceptors (Lipinski definition) is 4. The third-order valence-electron chi connectivity index (χ3n) is 6.56. The molecule has 2 N–H and O–H groups in total. The number of nitrogens with zero attached hydrogens (tertiary/aromatic N) is 3. The zero-order valence-electron chi connectivity index (χ0n) is 17.5. The van der Waals surface area contributed by atoms with E-state index in [1.165, 1.54) is 5.56 Å². The van der Waals surface area contributed by atoms with Crippen LogP contribution in [-0.4, -0.2) is 71.1 Å². The van der Waals surface area contributed by atoms with Gasteiger partial charge in [0.1, 0.15) is 0 Å². The van der Waals surface area contributed by atoms with Crippen molar-refractivity contribution in [3.63, 3.8) is 0 Å². The molecular formula is C24H27N5O2. The monoisotopic (exact) mass is 417 g/mol. The maximum absolute atomic E-state index is 12.9. The molecule has 7 heteroatoms. The van der Waals surface area contributed by atoms with E-state index in [4.69, 9.17) is 0 Å². The van der Waals surface area contributed by atoms with Crippen molar-refractivity contribution in [1.82, 2.24) is 25.3 Å². The molecule has 0 unspecified atom stereocenters. The summed E-state index contributed by atoms with van der Waals surface area (Å²) in [4.78, 5) is 29.4. The van der Waals surface area contributed by atoms with Crippen LogP contribution in [0.5, 0.6) is 0 Å². The molecule has 0 atom stereocenters. The first-order valence-corrected chi connectivity index (χ1v) is 10.9. The summed E-state index contributed by atoms with van der Waals surface area (Å²) in [6.45, 7) is 3.64. The van der Waals surface area contributed by atoms with Gasteiger partial charge in [0.25, 0.3) is 5.91 Å². The first-order valence-electron chi connectivity index (χ1n) is 10.9. The van der Waals surface area contributed by atoms with E-state index in [1.54, 1.807) is 0 Å². The largest absolute Gasteiger partial charge is 0.354 e. The highest BCUT2D eigenvalue weighted by Gasteiger charge is 2.44. The first kappa shape index (κ1) is 19.8. The molecule has 1 aromatic heterocycles. The molecular weight excluding hydrogens is 390 g/mol. The summed E-state index contributed by atoms with van der Waals surface area (Å²) in [5.74, 6) is 0.000339. The molecule has 160 valence electrons. The molecule has 0 spiro atoms. The maximum Gasteiger partial charge on any atom is 0.275 e. The quantitative estimate of drug-likeness (QED) is 0.644. The fraction of sp³-hybridized carbons (Fsp3) is 0.375. The lowest BCUT2D eigenvalue weighted by atomic mass is 9.96. The van der Waals surface area contributed by atoms with Crippen molar-refractivity contribution < 1.29 is 9.59 Å². The second-order valence-electron chi connectivity index (χ2n) is 8.61. The number of carbonyl (C=O) groups excluding carboxylic acids is 2. The summed E-state index contributed by atoms with van der Waals surface area (Å²) >= 11 is 0. The second-order valence-corrected chi connectivity index (χ2v) is 8.61. The van der Waals surface area contributed by atoms with E-state index in [-0.39, 0.29) is 17.2 Å². The average Bonchev–Trinajstić information content (AvgIpc) is 3.49. The van der Waals surface area contributed by atoms with Gasteiger partial charge in [-0.3, -0.25) is 19.6 Å². The van der Waals surface area contributed by atoms with Crippen LogP contribution >= 0.6 is 0 Å². The van der Waals surface area contributed by atoms with Crippen molar-refractivity contribution >= 4 is 22.7 Å². The zero-order valence-corrected chi connectivity index (χ0v) is 17.5. The fourth-order valence-electron chi connectivity index (χ4n) is 4.42. The van der Waals surface area contributed by atoms with Gasteiger partial charge in [-0.05, 0) is 24.5 Å². The standard InChI is InChI=1S/C24H27N5O2/c30-21(25-17-24(10-11-24)18-6-2-1-3-7-18)16-28-12-14-29(15-13-28)23(31)22-19-8-4-5-9-20(19)26-27-22/h1-9H,10-17H2,(H,25,30)(H,26,27). The summed E-state index contributed by atoms with van der Waals surface area (Å²) < 4.78 is 0. The molecule has 1 saturated heterocycles. The maximum atomic E-state index is 12.9. The number of hydrogen-bond donors (Lipinski definition) is 2. The Morgan fingerprint density at radius 3 is 2.42 bits per heavy atom. The summed E-state index contributed by atoms with van der Waals surface area (Å²) in [5.41, 5.74) is 2.77. The molecule has 7 nitrogen and oxygen atoms in total. The number of rotatable bonds is 6. The van der Waals surface area contributed by atoms with E-state index >= 15 is 0 Å². The lowest BCUT2D eigenvalue weighted by Gasteiger charge is -2.34. The Bertz CT molecular complexity index is 1080. The molecule has 0 bridgehead atoms. The van der Waals surface area contributed by atoms with Crippen molar-refractivity contribution in [2.75, 3.05) is 39.3 Å². The highest BCUT2D eigenvalue weighted by atomic mass is 16.2. The smallest absolute Gasteiger partial charge is 0.275 e. The Labute approximate surface area is 181 Å². The fourth-order valence-corrected chi connectivity index (χ4v) is 4.42. The Balaban J connectivity index is 1.11. The van der Waals surface area contributed by atoms with E-state index in [2.05, 4.69) is 44.7 Å². The number of nitrogens with one attached hydrogen (secondary N) is 2. The third-order valence-corrected chi connectivity index (χ3v) is 6.56. The summed E-state index contributed by atoms with van der Waals surface area (Å²) in [7, 11) is 0. The number of H-pyrrole nitrogens is 1. The van der Waals surface area contributed by atoms with Crippen LogP contribution in [0, 0.1) is 0 Å². The van der Waals surface area contributed by atoms with Crippen LogP contribution in [0.1, 0.15) is 28.9 Å². The molecule has 2 fully saturated rings. The van der Waals surface area contributed by atoms with Crippen molar-refractivity contribution in [1.29, 1.82) is 0 Å². The lowest BCUT2D eigenvalue weighted by Crippen LogP contribution is -2.51. The Morgan fingerprint density at radius 2 is 1.68 bits per heavy atom. The number of aromatic amines is 1.